The summed E-state index contributed by atoms with van der Waals surface area (Å²) in [5.74, 6) is 0.968. The van der Waals surface area contributed by atoms with E-state index in [0.29, 0.717) is 35.2 Å². The maximum absolute atomic E-state index is 13.0. The number of carbonyl (C=O) groups is 1. The van der Waals surface area contributed by atoms with Gasteiger partial charge in [-0.05, 0) is 49.1 Å². The first-order valence-electron chi connectivity index (χ1n) is 9.16. The SMILES string of the molecule is CCc1c(C(=O)NCc2ccco2)c(CC(C)C)nn1-c1cccc(Cl)c1. The van der Waals surface area contributed by atoms with Gasteiger partial charge < -0.3 is 9.73 Å². The molecule has 5 nitrogen and oxygen atoms in total. The van der Waals surface area contributed by atoms with E-state index in [4.69, 9.17) is 21.1 Å². The summed E-state index contributed by atoms with van der Waals surface area (Å²) in [6.07, 6.45) is 3.01. The highest BCUT2D eigenvalue weighted by Crippen LogP contribution is 2.24. The van der Waals surface area contributed by atoms with Gasteiger partial charge in [0, 0.05) is 5.02 Å². The molecule has 0 bridgehead atoms. The van der Waals surface area contributed by atoms with Crippen LogP contribution < -0.4 is 5.32 Å². The van der Waals surface area contributed by atoms with Crippen LogP contribution in [0.3, 0.4) is 0 Å². The number of nitrogens with zero attached hydrogens (tertiary/aromatic N) is 2. The molecule has 0 aliphatic rings. The van der Waals surface area contributed by atoms with E-state index in [-0.39, 0.29) is 5.91 Å². The third kappa shape index (κ3) is 4.42. The molecule has 1 amide bonds. The summed E-state index contributed by atoms with van der Waals surface area (Å²) in [7, 11) is 0. The van der Waals surface area contributed by atoms with Crippen LogP contribution in [0.15, 0.2) is 47.1 Å². The fraction of sp³-hybridized carbons (Fsp3) is 0.333. The van der Waals surface area contributed by atoms with Gasteiger partial charge in [0.25, 0.3) is 5.91 Å². The average Bonchev–Trinajstić information content (AvgIpc) is 3.26. The van der Waals surface area contributed by atoms with Crippen molar-refractivity contribution in [1.29, 1.82) is 0 Å². The van der Waals surface area contributed by atoms with Crippen LogP contribution >= 0.6 is 11.6 Å². The van der Waals surface area contributed by atoms with Crippen LogP contribution in [-0.2, 0) is 19.4 Å². The van der Waals surface area contributed by atoms with E-state index < -0.39 is 0 Å². The number of hydrogen-bond donors (Lipinski definition) is 1. The molecular formula is C21H24ClN3O2. The Balaban J connectivity index is 2.00. The summed E-state index contributed by atoms with van der Waals surface area (Å²) in [6, 6.07) is 11.2. The summed E-state index contributed by atoms with van der Waals surface area (Å²) in [6.45, 7) is 6.61. The number of hydrogen-bond acceptors (Lipinski definition) is 3. The Kier molecular flexibility index (Phi) is 6.01. The fourth-order valence-electron chi connectivity index (χ4n) is 3.11. The smallest absolute Gasteiger partial charge is 0.255 e. The quantitative estimate of drug-likeness (QED) is 0.634. The largest absolute Gasteiger partial charge is 0.467 e. The van der Waals surface area contributed by atoms with Crippen molar-refractivity contribution in [2.75, 3.05) is 0 Å². The Labute approximate surface area is 164 Å². The van der Waals surface area contributed by atoms with Crippen molar-refractivity contribution in [3.63, 3.8) is 0 Å². The number of aromatic nitrogens is 2. The third-order valence-electron chi connectivity index (χ3n) is 4.27. The standard InChI is InChI=1S/C21H24ClN3O2/c1-4-19-20(21(26)23-13-17-9-6-10-27-17)18(11-14(2)3)24-25(19)16-8-5-7-15(22)12-16/h5-10,12,14H,4,11,13H2,1-3H3,(H,23,26). The normalized spacial score (nSPS) is 11.1. The minimum atomic E-state index is -0.132. The van der Waals surface area contributed by atoms with E-state index in [0.717, 1.165) is 23.5 Å². The summed E-state index contributed by atoms with van der Waals surface area (Å²) in [5, 5.41) is 8.36. The fourth-order valence-corrected chi connectivity index (χ4v) is 3.30. The van der Waals surface area contributed by atoms with Gasteiger partial charge >= 0.3 is 0 Å². The number of amides is 1. The minimum Gasteiger partial charge on any atom is -0.467 e. The van der Waals surface area contributed by atoms with Crippen LogP contribution in [0.1, 0.15) is 48.3 Å². The molecule has 3 rings (SSSR count). The monoisotopic (exact) mass is 385 g/mol. The van der Waals surface area contributed by atoms with Crippen molar-refractivity contribution >= 4 is 17.5 Å². The van der Waals surface area contributed by atoms with Crippen molar-refractivity contribution in [2.45, 2.75) is 40.2 Å². The van der Waals surface area contributed by atoms with Gasteiger partial charge in [-0.1, -0.05) is 38.4 Å². The lowest BCUT2D eigenvalue weighted by Crippen LogP contribution is -2.25. The van der Waals surface area contributed by atoms with E-state index in [1.165, 1.54) is 0 Å². The second kappa shape index (κ2) is 8.44. The Hall–Kier alpha value is -2.53. The predicted octanol–water partition coefficient (Wildman–Crippen LogP) is 4.81. The molecule has 6 heteroatoms. The molecular weight excluding hydrogens is 362 g/mol. The lowest BCUT2D eigenvalue weighted by molar-refractivity contribution is 0.0946. The molecule has 2 aromatic heterocycles. The number of rotatable bonds is 7. The van der Waals surface area contributed by atoms with Crippen LogP contribution in [0.5, 0.6) is 0 Å². The Bertz CT molecular complexity index is 914. The second-order valence-electron chi connectivity index (χ2n) is 6.87. The minimum absolute atomic E-state index is 0.132. The maximum Gasteiger partial charge on any atom is 0.255 e. The Morgan fingerprint density at radius 3 is 2.74 bits per heavy atom. The zero-order valence-corrected chi connectivity index (χ0v) is 16.6. The maximum atomic E-state index is 13.0. The van der Waals surface area contributed by atoms with Gasteiger partial charge in [0.1, 0.15) is 5.76 Å². The molecule has 142 valence electrons. The molecule has 0 spiro atoms. The van der Waals surface area contributed by atoms with Crippen LogP contribution in [0.25, 0.3) is 5.69 Å². The molecule has 0 saturated carbocycles. The first-order valence-corrected chi connectivity index (χ1v) is 9.54. The molecule has 1 aromatic carbocycles. The van der Waals surface area contributed by atoms with Crippen LogP contribution in [0, 0.1) is 5.92 Å². The van der Waals surface area contributed by atoms with E-state index in [2.05, 4.69) is 19.2 Å². The summed E-state index contributed by atoms with van der Waals surface area (Å²) >= 11 is 6.16. The highest BCUT2D eigenvalue weighted by atomic mass is 35.5. The van der Waals surface area contributed by atoms with E-state index in [9.17, 15) is 4.79 Å². The van der Waals surface area contributed by atoms with Crippen molar-refractivity contribution in [3.8, 4) is 5.69 Å². The molecule has 0 fully saturated rings. The molecule has 0 aliphatic carbocycles. The molecule has 1 N–H and O–H groups in total. The zero-order valence-electron chi connectivity index (χ0n) is 15.8. The van der Waals surface area contributed by atoms with Gasteiger partial charge in [-0.2, -0.15) is 5.10 Å². The number of benzene rings is 1. The topological polar surface area (TPSA) is 60.1 Å². The summed E-state index contributed by atoms with van der Waals surface area (Å²) in [4.78, 5) is 13.0. The van der Waals surface area contributed by atoms with Crippen LogP contribution in [-0.4, -0.2) is 15.7 Å². The van der Waals surface area contributed by atoms with Crippen molar-refractivity contribution in [1.82, 2.24) is 15.1 Å². The molecule has 0 radical (unpaired) electrons. The molecule has 0 saturated heterocycles. The van der Waals surface area contributed by atoms with Crippen LogP contribution in [0.2, 0.25) is 5.02 Å². The highest BCUT2D eigenvalue weighted by molar-refractivity contribution is 6.30. The first kappa shape index (κ1) is 19.2. The van der Waals surface area contributed by atoms with Gasteiger partial charge in [-0.15, -0.1) is 0 Å². The van der Waals surface area contributed by atoms with Gasteiger partial charge in [0.15, 0.2) is 0 Å². The van der Waals surface area contributed by atoms with Crippen molar-refractivity contribution in [3.05, 3.63) is 70.4 Å². The highest BCUT2D eigenvalue weighted by Gasteiger charge is 2.24. The first-order chi connectivity index (χ1) is 13.0. The average molecular weight is 386 g/mol. The Morgan fingerprint density at radius 2 is 2.11 bits per heavy atom. The predicted molar refractivity (Wildman–Crippen MR) is 106 cm³/mol. The number of furan rings is 1. The summed E-state index contributed by atoms with van der Waals surface area (Å²) < 4.78 is 7.15. The second-order valence-corrected chi connectivity index (χ2v) is 7.31. The number of nitrogens with one attached hydrogen (secondary N) is 1. The molecule has 0 unspecified atom stereocenters. The van der Waals surface area contributed by atoms with Gasteiger partial charge in [-0.25, -0.2) is 4.68 Å². The number of halogens is 1. The molecule has 2 heterocycles. The lowest BCUT2D eigenvalue weighted by atomic mass is 10.0. The number of carbonyl (C=O) groups excluding carboxylic acids is 1. The third-order valence-corrected chi connectivity index (χ3v) is 4.51. The van der Waals surface area contributed by atoms with E-state index in [1.54, 1.807) is 12.3 Å². The lowest BCUT2D eigenvalue weighted by Gasteiger charge is -2.09. The van der Waals surface area contributed by atoms with E-state index >= 15 is 0 Å². The molecule has 27 heavy (non-hydrogen) atoms. The van der Waals surface area contributed by atoms with Gasteiger partial charge in [0.05, 0.1) is 35.4 Å². The summed E-state index contributed by atoms with van der Waals surface area (Å²) in [5.41, 5.74) is 3.19. The molecule has 3 aromatic rings. The molecule has 0 atom stereocenters. The van der Waals surface area contributed by atoms with Crippen molar-refractivity contribution in [2.24, 2.45) is 5.92 Å². The Morgan fingerprint density at radius 1 is 1.30 bits per heavy atom. The van der Waals surface area contributed by atoms with E-state index in [1.807, 2.05) is 41.9 Å². The zero-order chi connectivity index (χ0) is 19.4. The van der Waals surface area contributed by atoms with Gasteiger partial charge in [0.2, 0.25) is 0 Å². The molecule has 0 aliphatic heterocycles. The van der Waals surface area contributed by atoms with Crippen LogP contribution in [0.4, 0.5) is 0 Å². The van der Waals surface area contributed by atoms with Gasteiger partial charge in [-0.3, -0.25) is 4.79 Å². The van der Waals surface area contributed by atoms with Crippen molar-refractivity contribution < 1.29 is 9.21 Å².